The number of anilines is 1. The molecule has 4 aromatic carbocycles. The molecule has 0 spiro atoms. The number of hydrogen-bond acceptors (Lipinski definition) is 4. The van der Waals surface area contributed by atoms with Crippen molar-refractivity contribution in [2.45, 2.75) is 64.1 Å². The highest BCUT2D eigenvalue weighted by molar-refractivity contribution is 9.10. The molecule has 7 nitrogen and oxygen atoms in total. The molecule has 1 N–H and O–H groups in total. The van der Waals surface area contributed by atoms with Gasteiger partial charge in [0.2, 0.25) is 11.8 Å². The molecule has 45 heavy (non-hydrogen) atoms. The summed E-state index contributed by atoms with van der Waals surface area (Å²) >= 11 is 3.52. The number of halogens is 1. The van der Waals surface area contributed by atoms with E-state index in [-0.39, 0.29) is 29.8 Å². The molecule has 2 atom stereocenters. The number of para-hydroxylation sites is 1. The number of amides is 2. The largest absolute Gasteiger partial charge is 0.352 e. The maximum Gasteiger partial charge on any atom is 0.264 e. The summed E-state index contributed by atoms with van der Waals surface area (Å²) in [6.45, 7) is 7.22. The van der Waals surface area contributed by atoms with Gasteiger partial charge in [-0.05, 0) is 74.2 Å². The minimum Gasteiger partial charge on any atom is -0.352 e. The van der Waals surface area contributed by atoms with Crippen LogP contribution >= 0.6 is 15.9 Å². The molecule has 0 aliphatic rings. The van der Waals surface area contributed by atoms with E-state index in [4.69, 9.17) is 0 Å². The van der Waals surface area contributed by atoms with E-state index >= 15 is 0 Å². The number of sulfonamides is 1. The van der Waals surface area contributed by atoms with Gasteiger partial charge in [-0.2, -0.15) is 0 Å². The first-order valence-electron chi connectivity index (χ1n) is 15.0. The summed E-state index contributed by atoms with van der Waals surface area (Å²) in [5, 5.41) is 3.06. The Bertz CT molecular complexity index is 1710. The number of aryl methyl sites for hydroxylation is 2. The molecule has 236 valence electrons. The fourth-order valence-corrected chi connectivity index (χ4v) is 6.95. The van der Waals surface area contributed by atoms with Gasteiger partial charge in [0.15, 0.2) is 0 Å². The maximum absolute atomic E-state index is 14.6. The molecule has 0 fully saturated rings. The quantitative estimate of drug-likeness (QED) is 0.167. The summed E-state index contributed by atoms with van der Waals surface area (Å²) in [5.41, 5.74) is 3.71. The van der Waals surface area contributed by atoms with Crippen molar-refractivity contribution in [2.75, 3.05) is 10.8 Å². The molecule has 0 heterocycles. The fourth-order valence-electron chi connectivity index (χ4n) is 5.02. The number of benzene rings is 4. The lowest BCUT2D eigenvalue weighted by Gasteiger charge is -2.34. The molecule has 4 aromatic rings. The molecular formula is C36H40BrN3O4S. The Morgan fingerprint density at radius 2 is 1.49 bits per heavy atom. The zero-order valence-electron chi connectivity index (χ0n) is 26.1. The SMILES string of the molecule is CC[C@@H](C)NC(=O)[C@H](Cc1ccccc1)N(Cc1cccc(Br)c1)C(=O)CN(c1ccccc1C)S(=O)(=O)c1ccc(C)cc1. The van der Waals surface area contributed by atoms with Gasteiger partial charge in [-0.25, -0.2) is 8.42 Å². The molecule has 2 amide bonds. The van der Waals surface area contributed by atoms with Gasteiger partial charge in [0.1, 0.15) is 12.6 Å². The minimum absolute atomic E-state index is 0.0815. The van der Waals surface area contributed by atoms with Gasteiger partial charge < -0.3 is 10.2 Å². The zero-order valence-corrected chi connectivity index (χ0v) is 28.5. The van der Waals surface area contributed by atoms with Gasteiger partial charge in [0, 0.05) is 23.5 Å². The Hall–Kier alpha value is -3.95. The van der Waals surface area contributed by atoms with E-state index in [0.717, 1.165) is 31.9 Å². The molecule has 0 saturated heterocycles. The van der Waals surface area contributed by atoms with Gasteiger partial charge >= 0.3 is 0 Å². The van der Waals surface area contributed by atoms with Crippen molar-refractivity contribution in [1.82, 2.24) is 10.2 Å². The predicted octanol–water partition coefficient (Wildman–Crippen LogP) is 6.82. The number of nitrogens with one attached hydrogen (secondary N) is 1. The van der Waals surface area contributed by atoms with Gasteiger partial charge in [-0.1, -0.05) is 101 Å². The average Bonchev–Trinajstić information content (AvgIpc) is 3.02. The van der Waals surface area contributed by atoms with Crippen molar-refractivity contribution in [3.05, 3.63) is 130 Å². The second-order valence-corrected chi connectivity index (χ2v) is 14.1. The Labute approximate surface area is 275 Å². The van der Waals surface area contributed by atoms with E-state index in [0.29, 0.717) is 11.3 Å². The highest BCUT2D eigenvalue weighted by Crippen LogP contribution is 2.28. The van der Waals surface area contributed by atoms with Crippen molar-refractivity contribution in [3.63, 3.8) is 0 Å². The van der Waals surface area contributed by atoms with Crippen LogP contribution in [0.25, 0.3) is 0 Å². The smallest absolute Gasteiger partial charge is 0.264 e. The van der Waals surface area contributed by atoms with Crippen molar-refractivity contribution < 1.29 is 18.0 Å². The fraction of sp³-hybridized carbons (Fsp3) is 0.278. The van der Waals surface area contributed by atoms with Crippen molar-refractivity contribution in [3.8, 4) is 0 Å². The second kappa shape index (κ2) is 15.4. The number of rotatable bonds is 13. The zero-order chi connectivity index (χ0) is 32.6. The number of carbonyl (C=O) groups excluding carboxylic acids is 2. The molecule has 0 aromatic heterocycles. The number of nitrogens with zero attached hydrogens (tertiary/aromatic N) is 2. The van der Waals surface area contributed by atoms with E-state index < -0.39 is 28.5 Å². The van der Waals surface area contributed by atoms with Crippen LogP contribution in [-0.2, 0) is 32.6 Å². The third-order valence-electron chi connectivity index (χ3n) is 7.79. The summed E-state index contributed by atoms with van der Waals surface area (Å²) in [4.78, 5) is 30.1. The van der Waals surface area contributed by atoms with Gasteiger partial charge in [-0.3, -0.25) is 13.9 Å². The highest BCUT2D eigenvalue weighted by Gasteiger charge is 2.35. The second-order valence-electron chi connectivity index (χ2n) is 11.3. The van der Waals surface area contributed by atoms with Crippen LogP contribution in [0.4, 0.5) is 5.69 Å². The van der Waals surface area contributed by atoms with Crippen molar-refractivity contribution >= 4 is 43.5 Å². The van der Waals surface area contributed by atoms with Crippen LogP contribution in [0.15, 0.2) is 112 Å². The van der Waals surface area contributed by atoms with E-state index in [2.05, 4.69) is 21.2 Å². The van der Waals surface area contributed by atoms with E-state index in [1.165, 1.54) is 4.90 Å². The van der Waals surface area contributed by atoms with Crippen LogP contribution in [0.3, 0.4) is 0 Å². The molecule has 0 unspecified atom stereocenters. The molecule has 4 rings (SSSR count). The Balaban J connectivity index is 1.82. The first kappa shape index (κ1) is 33.9. The van der Waals surface area contributed by atoms with Gasteiger partial charge in [0.25, 0.3) is 10.0 Å². The van der Waals surface area contributed by atoms with Crippen LogP contribution in [0.5, 0.6) is 0 Å². The standard InChI is InChI=1S/C36H40BrN3O4S/c1-5-28(4)38-36(42)34(23-29-13-7-6-8-14-29)39(24-30-15-11-16-31(37)22-30)35(41)25-40(33-17-10-9-12-27(33)3)45(43,44)32-20-18-26(2)19-21-32/h6-22,28,34H,5,23-25H2,1-4H3,(H,38,42)/t28-,34+/m1/s1. The lowest BCUT2D eigenvalue weighted by Crippen LogP contribution is -2.54. The Kier molecular flexibility index (Phi) is 11.6. The minimum atomic E-state index is -4.15. The Morgan fingerprint density at radius 1 is 0.844 bits per heavy atom. The third-order valence-corrected chi connectivity index (χ3v) is 10.1. The normalized spacial score (nSPS) is 12.6. The van der Waals surface area contributed by atoms with Crippen LogP contribution in [0.1, 0.15) is 42.5 Å². The predicted molar refractivity (Wildman–Crippen MR) is 183 cm³/mol. The molecule has 9 heteroatoms. The summed E-state index contributed by atoms with van der Waals surface area (Å²) in [6.07, 6.45) is 0.983. The molecular weight excluding hydrogens is 650 g/mol. The Morgan fingerprint density at radius 3 is 2.13 bits per heavy atom. The van der Waals surface area contributed by atoms with Crippen molar-refractivity contribution in [1.29, 1.82) is 0 Å². The first-order chi connectivity index (χ1) is 21.5. The maximum atomic E-state index is 14.6. The van der Waals surface area contributed by atoms with Crippen LogP contribution in [0, 0.1) is 13.8 Å². The monoisotopic (exact) mass is 689 g/mol. The van der Waals surface area contributed by atoms with Crippen LogP contribution in [-0.4, -0.2) is 43.8 Å². The van der Waals surface area contributed by atoms with E-state index in [1.807, 2.05) is 94.4 Å². The average molecular weight is 691 g/mol. The van der Waals surface area contributed by atoms with Gasteiger partial charge in [-0.15, -0.1) is 0 Å². The molecule has 0 aliphatic heterocycles. The molecule has 0 radical (unpaired) electrons. The van der Waals surface area contributed by atoms with Crippen LogP contribution in [0.2, 0.25) is 0 Å². The van der Waals surface area contributed by atoms with Crippen molar-refractivity contribution in [2.24, 2.45) is 0 Å². The summed E-state index contributed by atoms with van der Waals surface area (Å²) < 4.78 is 30.4. The third kappa shape index (κ3) is 8.83. The van der Waals surface area contributed by atoms with Gasteiger partial charge in [0.05, 0.1) is 10.6 Å². The summed E-state index contributed by atoms with van der Waals surface area (Å²) in [7, 11) is -4.15. The lowest BCUT2D eigenvalue weighted by molar-refractivity contribution is -0.140. The number of carbonyl (C=O) groups is 2. The molecule has 0 bridgehead atoms. The molecule has 0 saturated carbocycles. The summed E-state index contributed by atoms with van der Waals surface area (Å²) in [6, 6.07) is 29.8. The lowest BCUT2D eigenvalue weighted by atomic mass is 10.0. The van der Waals surface area contributed by atoms with E-state index in [9.17, 15) is 18.0 Å². The number of hydrogen-bond donors (Lipinski definition) is 1. The molecule has 0 aliphatic carbocycles. The van der Waals surface area contributed by atoms with Crippen LogP contribution < -0.4 is 9.62 Å². The first-order valence-corrected chi connectivity index (χ1v) is 17.3. The van der Waals surface area contributed by atoms with E-state index in [1.54, 1.807) is 36.4 Å². The summed E-state index contributed by atoms with van der Waals surface area (Å²) in [5.74, 6) is -0.783. The topological polar surface area (TPSA) is 86.8 Å². The highest BCUT2D eigenvalue weighted by atomic mass is 79.9.